The monoisotopic (exact) mass is 315 g/mol. The van der Waals surface area contributed by atoms with Crippen LogP contribution < -0.4 is 0 Å². The topological polar surface area (TPSA) is 66.3 Å². The van der Waals surface area contributed by atoms with Gasteiger partial charge in [-0.3, -0.25) is 4.79 Å². The van der Waals surface area contributed by atoms with Crippen LogP contribution in [0.5, 0.6) is 0 Å². The summed E-state index contributed by atoms with van der Waals surface area (Å²) in [6.07, 6.45) is 3.75. The van der Waals surface area contributed by atoms with Crippen molar-refractivity contribution in [3.05, 3.63) is 59.7 Å². The fourth-order valence-electron chi connectivity index (χ4n) is 2.95. The molecule has 1 aromatic heterocycles. The lowest BCUT2D eigenvalue weighted by atomic mass is 9.87. The van der Waals surface area contributed by atoms with Crippen LogP contribution in [0.25, 0.3) is 0 Å². The average Bonchev–Trinajstić information content (AvgIpc) is 2.62. The molecule has 1 fully saturated rings. The molecule has 2 aromatic rings. The molecule has 0 bridgehead atoms. The van der Waals surface area contributed by atoms with Gasteiger partial charge >= 0.3 is 0 Å². The lowest BCUT2D eigenvalue weighted by Crippen LogP contribution is -2.39. The summed E-state index contributed by atoms with van der Waals surface area (Å²) >= 11 is 0. The molecule has 120 valence electrons. The first kappa shape index (κ1) is 15.6. The number of nitrogens with zero attached hydrogens (tertiary/aromatic N) is 3. The third-order valence-corrected chi connectivity index (χ3v) is 4.32. The molecule has 1 N–H and O–H groups in total. The van der Waals surface area contributed by atoms with Gasteiger partial charge in [-0.15, -0.1) is 0 Å². The molecule has 0 radical (unpaired) electrons. The smallest absolute Gasteiger partial charge is 0.255 e. The number of halogens is 1. The van der Waals surface area contributed by atoms with E-state index in [9.17, 15) is 14.3 Å². The number of aliphatic hydroxyl groups is 1. The molecular formula is C17H18FN3O2. The van der Waals surface area contributed by atoms with E-state index >= 15 is 0 Å². The molecule has 6 heteroatoms. The van der Waals surface area contributed by atoms with Crippen LogP contribution in [0.15, 0.2) is 42.7 Å². The predicted octanol–water partition coefficient (Wildman–Crippen LogP) is 2.20. The van der Waals surface area contributed by atoms with Gasteiger partial charge in [0.25, 0.3) is 5.91 Å². The number of aromatic nitrogens is 2. The number of hydrogen-bond donors (Lipinski definition) is 1. The fourth-order valence-corrected chi connectivity index (χ4v) is 2.95. The van der Waals surface area contributed by atoms with Crippen molar-refractivity contribution in [1.29, 1.82) is 0 Å². The molecular weight excluding hydrogens is 297 g/mol. The molecule has 1 aromatic carbocycles. The highest BCUT2D eigenvalue weighted by Crippen LogP contribution is 2.31. The minimum atomic E-state index is -0.629. The number of carbonyl (C=O) groups is 1. The minimum Gasteiger partial charge on any atom is -0.388 e. The van der Waals surface area contributed by atoms with Gasteiger partial charge in [-0.2, -0.15) is 10.2 Å². The Morgan fingerprint density at radius 2 is 1.87 bits per heavy atom. The molecule has 1 saturated heterocycles. The van der Waals surface area contributed by atoms with Gasteiger partial charge in [-0.25, -0.2) is 4.39 Å². The Bertz CT molecular complexity index is 655. The van der Waals surface area contributed by atoms with E-state index in [-0.39, 0.29) is 17.6 Å². The van der Waals surface area contributed by atoms with Crippen molar-refractivity contribution in [2.24, 2.45) is 5.92 Å². The van der Waals surface area contributed by atoms with E-state index in [0.717, 1.165) is 5.56 Å². The van der Waals surface area contributed by atoms with Crippen LogP contribution >= 0.6 is 0 Å². The quantitative estimate of drug-likeness (QED) is 0.943. The Balaban J connectivity index is 1.60. The summed E-state index contributed by atoms with van der Waals surface area (Å²) in [5.41, 5.74) is 1.24. The number of benzene rings is 1. The molecule has 1 atom stereocenters. The van der Waals surface area contributed by atoms with Crippen LogP contribution in [0.1, 0.15) is 34.9 Å². The van der Waals surface area contributed by atoms with Gasteiger partial charge in [0.2, 0.25) is 0 Å². The van der Waals surface area contributed by atoms with Gasteiger partial charge in [0.15, 0.2) is 0 Å². The van der Waals surface area contributed by atoms with Gasteiger partial charge in [-0.05, 0) is 42.5 Å². The summed E-state index contributed by atoms with van der Waals surface area (Å²) in [6, 6.07) is 7.58. The molecule has 0 aliphatic carbocycles. The van der Waals surface area contributed by atoms with E-state index < -0.39 is 6.10 Å². The van der Waals surface area contributed by atoms with E-state index in [0.29, 0.717) is 31.5 Å². The number of hydrogen-bond acceptors (Lipinski definition) is 4. The number of likely N-dealkylation sites (tertiary alicyclic amines) is 1. The van der Waals surface area contributed by atoms with Crippen molar-refractivity contribution in [2.45, 2.75) is 18.9 Å². The molecule has 1 amide bonds. The lowest BCUT2D eigenvalue weighted by Gasteiger charge is -2.34. The van der Waals surface area contributed by atoms with E-state index in [1.54, 1.807) is 23.1 Å². The van der Waals surface area contributed by atoms with Crippen LogP contribution in [0, 0.1) is 11.7 Å². The maximum Gasteiger partial charge on any atom is 0.255 e. The van der Waals surface area contributed by atoms with E-state index in [4.69, 9.17) is 0 Å². The standard InChI is InChI=1S/C17H18FN3O2/c18-15-3-1-12(2-4-15)16(22)13-6-9-21(10-7-13)17(23)14-5-8-19-20-11-14/h1-5,8,11,13,16,22H,6-7,9-10H2/t16-/m1/s1. The maximum atomic E-state index is 13.0. The number of amides is 1. The highest BCUT2D eigenvalue weighted by atomic mass is 19.1. The second-order valence-corrected chi connectivity index (χ2v) is 5.76. The van der Waals surface area contributed by atoms with E-state index in [2.05, 4.69) is 10.2 Å². The molecule has 0 saturated carbocycles. The van der Waals surface area contributed by atoms with Gasteiger partial charge in [0, 0.05) is 13.1 Å². The van der Waals surface area contributed by atoms with E-state index in [1.807, 2.05) is 0 Å². The summed E-state index contributed by atoms with van der Waals surface area (Å²) in [4.78, 5) is 14.1. The highest BCUT2D eigenvalue weighted by molar-refractivity contribution is 5.93. The van der Waals surface area contributed by atoms with Gasteiger partial charge in [0.1, 0.15) is 5.82 Å². The lowest BCUT2D eigenvalue weighted by molar-refractivity contribution is 0.0461. The van der Waals surface area contributed by atoms with Crippen molar-refractivity contribution < 1.29 is 14.3 Å². The third kappa shape index (κ3) is 3.53. The van der Waals surface area contributed by atoms with Gasteiger partial charge in [-0.1, -0.05) is 12.1 Å². The fraction of sp³-hybridized carbons (Fsp3) is 0.353. The minimum absolute atomic E-state index is 0.0605. The highest BCUT2D eigenvalue weighted by Gasteiger charge is 2.28. The Hall–Kier alpha value is -2.34. The van der Waals surface area contributed by atoms with Crippen LogP contribution in [0.4, 0.5) is 4.39 Å². The van der Waals surface area contributed by atoms with Gasteiger partial charge < -0.3 is 10.0 Å². The molecule has 3 rings (SSSR count). The van der Waals surface area contributed by atoms with Crippen LogP contribution in [0.2, 0.25) is 0 Å². The summed E-state index contributed by atoms with van der Waals surface area (Å²) in [7, 11) is 0. The Labute approximate surface area is 133 Å². The molecule has 5 nitrogen and oxygen atoms in total. The largest absolute Gasteiger partial charge is 0.388 e. The van der Waals surface area contributed by atoms with Crippen molar-refractivity contribution in [3.8, 4) is 0 Å². The van der Waals surface area contributed by atoms with Crippen LogP contribution in [0.3, 0.4) is 0 Å². The number of piperidine rings is 1. The summed E-state index contributed by atoms with van der Waals surface area (Å²) in [5, 5.41) is 17.8. The first-order chi connectivity index (χ1) is 11.1. The summed E-state index contributed by atoms with van der Waals surface area (Å²) in [5.74, 6) is -0.304. The summed E-state index contributed by atoms with van der Waals surface area (Å²) in [6.45, 7) is 1.17. The average molecular weight is 315 g/mol. The van der Waals surface area contributed by atoms with Crippen LogP contribution in [-0.4, -0.2) is 39.2 Å². The number of carbonyl (C=O) groups excluding carboxylic acids is 1. The summed E-state index contributed by atoms with van der Waals surface area (Å²) < 4.78 is 13.0. The molecule has 2 heterocycles. The van der Waals surface area contributed by atoms with Crippen molar-refractivity contribution >= 4 is 5.91 Å². The zero-order valence-electron chi connectivity index (χ0n) is 12.6. The second kappa shape index (κ2) is 6.83. The third-order valence-electron chi connectivity index (χ3n) is 4.32. The maximum absolute atomic E-state index is 13.0. The van der Waals surface area contributed by atoms with Crippen molar-refractivity contribution in [3.63, 3.8) is 0 Å². The number of rotatable bonds is 3. The zero-order valence-corrected chi connectivity index (χ0v) is 12.6. The Morgan fingerprint density at radius 1 is 1.17 bits per heavy atom. The SMILES string of the molecule is O=C(c1ccnnc1)N1CCC([C@H](O)c2ccc(F)cc2)CC1. The molecule has 0 unspecified atom stereocenters. The molecule has 1 aliphatic rings. The zero-order chi connectivity index (χ0) is 16.2. The predicted molar refractivity (Wildman–Crippen MR) is 82.0 cm³/mol. The normalized spacial score (nSPS) is 17.0. The van der Waals surface area contributed by atoms with E-state index in [1.165, 1.54) is 24.5 Å². The van der Waals surface area contributed by atoms with Crippen molar-refractivity contribution in [2.75, 3.05) is 13.1 Å². The Morgan fingerprint density at radius 3 is 2.48 bits per heavy atom. The molecule has 23 heavy (non-hydrogen) atoms. The van der Waals surface area contributed by atoms with Gasteiger partial charge in [0.05, 0.1) is 24.1 Å². The van der Waals surface area contributed by atoms with Crippen LogP contribution in [-0.2, 0) is 0 Å². The molecule has 1 aliphatic heterocycles. The Kier molecular flexibility index (Phi) is 4.62. The van der Waals surface area contributed by atoms with Crippen molar-refractivity contribution in [1.82, 2.24) is 15.1 Å². The number of aliphatic hydroxyl groups excluding tert-OH is 1. The first-order valence-electron chi connectivity index (χ1n) is 7.64. The first-order valence-corrected chi connectivity index (χ1v) is 7.64. The second-order valence-electron chi connectivity index (χ2n) is 5.76. The molecule has 0 spiro atoms.